The number of aliphatic hydroxyl groups is 1. The maximum atomic E-state index is 12.5. The van der Waals surface area contributed by atoms with Gasteiger partial charge in [0.15, 0.2) is 6.10 Å². The monoisotopic (exact) mass is 424 g/mol. The van der Waals surface area contributed by atoms with Crippen LogP contribution in [0.3, 0.4) is 0 Å². The summed E-state index contributed by atoms with van der Waals surface area (Å²) in [7, 11) is 0. The lowest BCUT2D eigenvalue weighted by Gasteiger charge is -2.65. The van der Waals surface area contributed by atoms with Gasteiger partial charge in [0.05, 0.1) is 35.9 Å². The van der Waals surface area contributed by atoms with E-state index in [0.29, 0.717) is 37.4 Å². The van der Waals surface area contributed by atoms with Gasteiger partial charge in [-0.2, -0.15) is 5.26 Å². The van der Waals surface area contributed by atoms with Gasteiger partial charge in [-0.1, -0.05) is 6.07 Å². The minimum absolute atomic E-state index is 0.00156. The summed E-state index contributed by atoms with van der Waals surface area (Å²) in [4.78, 5) is 2.46. The Labute approximate surface area is 181 Å². The maximum absolute atomic E-state index is 12.5. The Morgan fingerprint density at radius 2 is 2.03 bits per heavy atom. The first-order chi connectivity index (χ1) is 15.1. The molecule has 6 aliphatic rings. The van der Waals surface area contributed by atoms with Crippen LogP contribution in [0, 0.1) is 11.3 Å². The van der Waals surface area contributed by atoms with Crippen LogP contribution in [0.1, 0.15) is 48.8 Å². The van der Waals surface area contributed by atoms with Crippen molar-refractivity contribution in [2.45, 2.75) is 73.6 Å². The SMILES string of the molecule is N#Cc1ccc2c3c1OC1C4(CCC5(O)[C@H](C2)N(CC2CCCO2)CC[C@@]315)OCCO4. The fourth-order valence-electron chi connectivity index (χ4n) is 7.73. The molecule has 5 atom stereocenters. The average molecular weight is 424 g/mol. The Balaban J connectivity index is 1.40. The molecule has 1 N–H and O–H groups in total. The lowest BCUT2D eigenvalue weighted by atomic mass is 9.48. The maximum Gasteiger partial charge on any atom is 0.207 e. The number of fused-ring (bicyclic) bond motifs is 1. The lowest BCUT2D eigenvalue weighted by Crippen LogP contribution is -2.79. The van der Waals surface area contributed by atoms with Gasteiger partial charge in [0.2, 0.25) is 5.79 Å². The van der Waals surface area contributed by atoms with E-state index in [-0.39, 0.29) is 12.1 Å². The quantitative estimate of drug-likeness (QED) is 0.773. The minimum atomic E-state index is -0.943. The number of nitrogens with zero attached hydrogens (tertiary/aromatic N) is 2. The molecule has 4 fully saturated rings. The third kappa shape index (κ3) is 2.16. The van der Waals surface area contributed by atoms with Gasteiger partial charge < -0.3 is 24.1 Å². The molecule has 7 nitrogen and oxygen atoms in total. The first-order valence-electron chi connectivity index (χ1n) is 11.7. The highest BCUT2D eigenvalue weighted by atomic mass is 16.8. The summed E-state index contributed by atoms with van der Waals surface area (Å²) in [5.74, 6) is -0.191. The zero-order chi connectivity index (χ0) is 20.8. The Morgan fingerprint density at radius 3 is 2.81 bits per heavy atom. The summed E-state index contributed by atoms with van der Waals surface area (Å²) in [6.45, 7) is 3.66. The molecule has 2 aliphatic carbocycles. The van der Waals surface area contributed by atoms with Crippen LogP contribution < -0.4 is 4.74 Å². The topological polar surface area (TPSA) is 84.2 Å². The van der Waals surface area contributed by atoms with E-state index in [9.17, 15) is 10.4 Å². The van der Waals surface area contributed by atoms with Crippen molar-refractivity contribution in [1.82, 2.24) is 4.90 Å². The van der Waals surface area contributed by atoms with Crippen molar-refractivity contribution in [2.24, 2.45) is 0 Å². The molecule has 4 heterocycles. The molecule has 0 aromatic heterocycles. The Hall–Kier alpha value is -1.69. The fraction of sp³-hybridized carbons (Fsp3) is 0.708. The van der Waals surface area contributed by atoms with E-state index in [4.69, 9.17) is 18.9 Å². The zero-order valence-electron chi connectivity index (χ0n) is 17.6. The normalized spacial score (nSPS) is 41.7. The summed E-state index contributed by atoms with van der Waals surface area (Å²) in [5, 5.41) is 22.3. The van der Waals surface area contributed by atoms with Crippen LogP contribution in [-0.2, 0) is 26.0 Å². The van der Waals surface area contributed by atoms with E-state index in [1.807, 2.05) is 6.07 Å². The van der Waals surface area contributed by atoms with E-state index in [0.717, 1.165) is 50.9 Å². The highest BCUT2D eigenvalue weighted by molar-refractivity contribution is 5.63. The number of ether oxygens (including phenoxy) is 4. The van der Waals surface area contributed by atoms with Crippen molar-refractivity contribution in [2.75, 3.05) is 32.9 Å². The Morgan fingerprint density at radius 1 is 1.16 bits per heavy atom. The minimum Gasteiger partial charge on any atom is -0.482 e. The molecular weight excluding hydrogens is 396 g/mol. The smallest absolute Gasteiger partial charge is 0.207 e. The largest absolute Gasteiger partial charge is 0.482 e. The van der Waals surface area contributed by atoms with Gasteiger partial charge >= 0.3 is 0 Å². The molecule has 164 valence electrons. The molecule has 0 amide bonds. The third-order valence-corrected chi connectivity index (χ3v) is 8.96. The molecule has 2 spiro atoms. The van der Waals surface area contributed by atoms with Crippen molar-refractivity contribution in [3.8, 4) is 11.8 Å². The Kier molecular flexibility index (Phi) is 3.77. The number of hydrogen-bond donors (Lipinski definition) is 1. The first kappa shape index (κ1) is 18.8. The second-order valence-electron chi connectivity index (χ2n) is 10.1. The average Bonchev–Trinajstić information content (AvgIpc) is 3.51. The van der Waals surface area contributed by atoms with Gasteiger partial charge in [-0.25, -0.2) is 0 Å². The summed E-state index contributed by atoms with van der Waals surface area (Å²) in [5.41, 5.74) is 1.23. The van der Waals surface area contributed by atoms with Crippen LogP contribution in [0.2, 0.25) is 0 Å². The van der Waals surface area contributed by atoms with Crippen LogP contribution in [0.5, 0.6) is 5.75 Å². The standard InChI is InChI=1S/C24H28N2O5/c25-13-16-4-3-15-12-18-23(27)5-6-24(29-10-11-30-24)21-22(23,19(15)20(16)31-21)7-8-26(18)14-17-2-1-9-28-17/h3-4,17-18,21,27H,1-2,5-12,14H2/t17?,18-,21?,22+,23?/m0/s1. The molecule has 2 bridgehead atoms. The van der Waals surface area contributed by atoms with Gasteiger partial charge in [0.25, 0.3) is 0 Å². The molecule has 4 aliphatic heterocycles. The Bertz CT molecular complexity index is 979. The van der Waals surface area contributed by atoms with Crippen LogP contribution >= 0.6 is 0 Å². The summed E-state index contributed by atoms with van der Waals surface area (Å²) < 4.78 is 24.9. The van der Waals surface area contributed by atoms with Crippen molar-refractivity contribution in [3.63, 3.8) is 0 Å². The van der Waals surface area contributed by atoms with Gasteiger partial charge in [-0.15, -0.1) is 0 Å². The van der Waals surface area contributed by atoms with Gasteiger partial charge in [0.1, 0.15) is 11.8 Å². The summed E-state index contributed by atoms with van der Waals surface area (Å²) in [6.07, 6.45) is 4.77. The number of nitriles is 1. The number of likely N-dealkylation sites (tertiary alicyclic amines) is 1. The zero-order valence-corrected chi connectivity index (χ0v) is 17.6. The number of rotatable bonds is 2. The van der Waals surface area contributed by atoms with Crippen LogP contribution in [0.4, 0.5) is 0 Å². The van der Waals surface area contributed by atoms with Crippen molar-refractivity contribution < 1.29 is 24.1 Å². The van der Waals surface area contributed by atoms with Crippen LogP contribution in [0.15, 0.2) is 12.1 Å². The molecule has 1 aromatic carbocycles. The van der Waals surface area contributed by atoms with E-state index in [2.05, 4.69) is 17.0 Å². The molecule has 1 aromatic rings. The number of benzene rings is 1. The van der Waals surface area contributed by atoms with Crippen LogP contribution in [0.25, 0.3) is 0 Å². The van der Waals surface area contributed by atoms with E-state index in [1.54, 1.807) is 0 Å². The number of hydrogen-bond acceptors (Lipinski definition) is 7. The molecule has 1 saturated carbocycles. The molecule has 7 rings (SSSR count). The fourth-order valence-corrected chi connectivity index (χ4v) is 7.73. The van der Waals surface area contributed by atoms with E-state index in [1.165, 1.54) is 5.56 Å². The summed E-state index contributed by atoms with van der Waals surface area (Å²) >= 11 is 0. The predicted molar refractivity (Wildman–Crippen MR) is 109 cm³/mol. The van der Waals surface area contributed by atoms with Gasteiger partial charge in [-0.3, -0.25) is 4.90 Å². The van der Waals surface area contributed by atoms with Crippen LogP contribution in [-0.4, -0.2) is 72.6 Å². The number of piperidine rings is 1. The second kappa shape index (κ2) is 6.21. The lowest BCUT2D eigenvalue weighted by molar-refractivity contribution is -0.297. The molecule has 0 radical (unpaired) electrons. The van der Waals surface area contributed by atoms with Gasteiger partial charge in [0, 0.05) is 31.2 Å². The molecule has 3 unspecified atom stereocenters. The first-order valence-corrected chi connectivity index (χ1v) is 11.7. The second-order valence-corrected chi connectivity index (χ2v) is 10.1. The third-order valence-electron chi connectivity index (χ3n) is 8.96. The van der Waals surface area contributed by atoms with Crippen molar-refractivity contribution in [3.05, 3.63) is 28.8 Å². The summed E-state index contributed by atoms with van der Waals surface area (Å²) in [6, 6.07) is 6.25. The molecular formula is C24H28N2O5. The molecule has 31 heavy (non-hydrogen) atoms. The molecule has 3 saturated heterocycles. The molecule has 7 heteroatoms. The highest BCUT2D eigenvalue weighted by Crippen LogP contribution is 2.67. The highest BCUT2D eigenvalue weighted by Gasteiger charge is 2.77. The van der Waals surface area contributed by atoms with E-state index >= 15 is 0 Å². The van der Waals surface area contributed by atoms with Gasteiger partial charge in [-0.05, 0) is 50.3 Å². The van der Waals surface area contributed by atoms with E-state index < -0.39 is 22.9 Å². The van der Waals surface area contributed by atoms with Crippen molar-refractivity contribution in [1.29, 1.82) is 5.26 Å². The van der Waals surface area contributed by atoms with Crippen molar-refractivity contribution >= 4 is 0 Å². The predicted octanol–water partition coefficient (Wildman–Crippen LogP) is 1.63.